The van der Waals surface area contributed by atoms with Gasteiger partial charge in [0.2, 0.25) is 5.91 Å². The lowest BCUT2D eigenvalue weighted by Gasteiger charge is -2.09. The quantitative estimate of drug-likeness (QED) is 0.567. The standard InChI is InChI=1S/C18H17ClN4O4S/c19-13-1-6-16-12(11-13)7-9-23(16)10-8-17(24)21-14-2-4-15(5-3-14)28(26,27)22-18(20)25/h1-7,9,11H,8,10H2,(H,21,24)(H3,20,22,25). The second-order valence-corrected chi connectivity index (χ2v) is 8.12. The Labute approximate surface area is 166 Å². The van der Waals surface area contributed by atoms with E-state index < -0.39 is 16.1 Å². The minimum atomic E-state index is -4.02. The SMILES string of the molecule is NC(=O)NS(=O)(=O)c1ccc(NC(=O)CCn2ccc3cc(Cl)ccc32)cc1. The molecular weight excluding hydrogens is 404 g/mol. The second kappa shape index (κ2) is 7.91. The third-order valence-electron chi connectivity index (χ3n) is 4.00. The van der Waals surface area contributed by atoms with Crippen molar-refractivity contribution in [3.05, 3.63) is 59.8 Å². The van der Waals surface area contributed by atoms with E-state index in [4.69, 9.17) is 17.3 Å². The molecule has 1 heterocycles. The lowest BCUT2D eigenvalue weighted by Crippen LogP contribution is -2.34. The highest BCUT2D eigenvalue weighted by Crippen LogP contribution is 2.21. The number of hydrogen-bond donors (Lipinski definition) is 3. The van der Waals surface area contributed by atoms with Crippen LogP contribution >= 0.6 is 11.6 Å². The summed E-state index contributed by atoms with van der Waals surface area (Å²) in [4.78, 5) is 22.8. The first-order valence-corrected chi connectivity index (χ1v) is 10.1. The first kappa shape index (κ1) is 19.7. The molecule has 3 amide bonds. The number of amides is 3. The number of aromatic nitrogens is 1. The van der Waals surface area contributed by atoms with Gasteiger partial charge in [0, 0.05) is 40.8 Å². The normalized spacial score (nSPS) is 11.3. The molecule has 28 heavy (non-hydrogen) atoms. The van der Waals surface area contributed by atoms with Crippen molar-refractivity contribution in [1.29, 1.82) is 0 Å². The van der Waals surface area contributed by atoms with E-state index >= 15 is 0 Å². The fourth-order valence-electron chi connectivity index (χ4n) is 2.72. The molecular formula is C18H17ClN4O4S. The molecule has 8 nitrogen and oxygen atoms in total. The number of nitrogens with one attached hydrogen (secondary N) is 2. The van der Waals surface area contributed by atoms with E-state index in [1.165, 1.54) is 24.3 Å². The number of carbonyl (C=O) groups excluding carboxylic acids is 2. The van der Waals surface area contributed by atoms with Crippen LogP contribution in [0.5, 0.6) is 0 Å². The second-order valence-electron chi connectivity index (χ2n) is 6.00. The Morgan fingerprint density at radius 2 is 1.79 bits per heavy atom. The van der Waals surface area contributed by atoms with Crippen LogP contribution in [0.15, 0.2) is 59.6 Å². The minimum Gasteiger partial charge on any atom is -0.351 e. The number of anilines is 1. The van der Waals surface area contributed by atoms with Crippen LogP contribution in [0.3, 0.4) is 0 Å². The van der Waals surface area contributed by atoms with Crippen LogP contribution in [-0.2, 0) is 21.4 Å². The average Bonchev–Trinajstić information content (AvgIpc) is 3.01. The number of benzene rings is 2. The summed E-state index contributed by atoms with van der Waals surface area (Å²) in [6.07, 6.45) is 2.12. The van der Waals surface area contributed by atoms with Crippen LogP contribution in [0.2, 0.25) is 5.02 Å². The van der Waals surface area contributed by atoms with Gasteiger partial charge in [-0.05, 0) is 48.5 Å². The van der Waals surface area contributed by atoms with Gasteiger partial charge in [-0.3, -0.25) is 4.79 Å². The van der Waals surface area contributed by atoms with Gasteiger partial charge >= 0.3 is 6.03 Å². The number of hydrogen-bond acceptors (Lipinski definition) is 4. The van der Waals surface area contributed by atoms with Gasteiger partial charge in [0.15, 0.2) is 0 Å². The van der Waals surface area contributed by atoms with Crippen molar-refractivity contribution in [3.63, 3.8) is 0 Å². The van der Waals surface area contributed by atoms with Crippen molar-refractivity contribution in [1.82, 2.24) is 9.29 Å². The predicted molar refractivity (Wildman–Crippen MR) is 107 cm³/mol. The maximum absolute atomic E-state index is 12.2. The number of nitrogens with zero attached hydrogens (tertiary/aromatic N) is 1. The first-order valence-electron chi connectivity index (χ1n) is 8.21. The highest BCUT2D eigenvalue weighted by molar-refractivity contribution is 7.90. The van der Waals surface area contributed by atoms with Crippen LogP contribution in [0.25, 0.3) is 10.9 Å². The van der Waals surface area contributed by atoms with Gasteiger partial charge in [-0.2, -0.15) is 0 Å². The Morgan fingerprint density at radius 1 is 1.07 bits per heavy atom. The fraction of sp³-hybridized carbons (Fsp3) is 0.111. The Bertz CT molecular complexity index is 1140. The van der Waals surface area contributed by atoms with E-state index in [0.717, 1.165) is 10.9 Å². The van der Waals surface area contributed by atoms with Crippen molar-refractivity contribution in [2.75, 3.05) is 5.32 Å². The van der Waals surface area contributed by atoms with Crippen molar-refractivity contribution >= 4 is 50.2 Å². The molecule has 0 radical (unpaired) electrons. The van der Waals surface area contributed by atoms with E-state index in [9.17, 15) is 18.0 Å². The van der Waals surface area contributed by atoms with Crippen LogP contribution in [0.1, 0.15) is 6.42 Å². The Hall–Kier alpha value is -3.04. The third kappa shape index (κ3) is 4.62. The molecule has 10 heteroatoms. The number of aryl methyl sites for hydroxylation is 1. The van der Waals surface area contributed by atoms with E-state index in [-0.39, 0.29) is 17.2 Å². The molecule has 146 valence electrons. The predicted octanol–water partition coefficient (Wildman–Crippen LogP) is 2.68. The summed E-state index contributed by atoms with van der Waals surface area (Å²) in [5.41, 5.74) is 6.25. The molecule has 0 saturated heterocycles. The van der Waals surface area contributed by atoms with Crippen molar-refractivity contribution in [2.24, 2.45) is 5.73 Å². The zero-order chi connectivity index (χ0) is 20.3. The van der Waals surface area contributed by atoms with Crippen LogP contribution in [0, 0.1) is 0 Å². The summed E-state index contributed by atoms with van der Waals surface area (Å²) in [6.45, 7) is 0.478. The molecule has 0 aliphatic heterocycles. The number of rotatable bonds is 6. The lowest BCUT2D eigenvalue weighted by atomic mass is 10.2. The van der Waals surface area contributed by atoms with Crippen LogP contribution in [-0.4, -0.2) is 24.9 Å². The molecule has 3 aromatic rings. The van der Waals surface area contributed by atoms with Gasteiger partial charge in [0.25, 0.3) is 10.0 Å². The van der Waals surface area contributed by atoms with Crippen molar-refractivity contribution < 1.29 is 18.0 Å². The maximum Gasteiger partial charge on any atom is 0.326 e. The van der Waals surface area contributed by atoms with Gasteiger partial charge in [-0.15, -0.1) is 0 Å². The van der Waals surface area contributed by atoms with Crippen LogP contribution < -0.4 is 15.8 Å². The van der Waals surface area contributed by atoms with E-state index in [2.05, 4.69) is 5.32 Å². The summed E-state index contributed by atoms with van der Waals surface area (Å²) in [7, 11) is -4.02. The highest BCUT2D eigenvalue weighted by atomic mass is 35.5. The molecule has 0 unspecified atom stereocenters. The molecule has 0 atom stereocenters. The zero-order valence-corrected chi connectivity index (χ0v) is 16.1. The topological polar surface area (TPSA) is 123 Å². The summed E-state index contributed by atoms with van der Waals surface area (Å²) < 4.78 is 27.3. The lowest BCUT2D eigenvalue weighted by molar-refractivity contribution is -0.116. The van der Waals surface area contributed by atoms with E-state index in [0.29, 0.717) is 17.3 Å². The van der Waals surface area contributed by atoms with Gasteiger partial charge in [-0.1, -0.05) is 11.6 Å². The Morgan fingerprint density at radius 3 is 2.46 bits per heavy atom. The molecule has 4 N–H and O–H groups in total. The van der Waals surface area contributed by atoms with Crippen LogP contribution in [0.4, 0.5) is 10.5 Å². The van der Waals surface area contributed by atoms with Gasteiger partial charge in [0.05, 0.1) is 4.90 Å². The molecule has 0 spiro atoms. The van der Waals surface area contributed by atoms with Gasteiger partial charge in [-0.25, -0.2) is 17.9 Å². The molecule has 2 aromatic carbocycles. The minimum absolute atomic E-state index is 0.137. The number of carbonyl (C=O) groups is 2. The van der Waals surface area contributed by atoms with E-state index in [1.54, 1.807) is 10.8 Å². The number of urea groups is 1. The molecule has 0 aliphatic carbocycles. The molecule has 0 bridgehead atoms. The smallest absolute Gasteiger partial charge is 0.326 e. The zero-order valence-electron chi connectivity index (χ0n) is 14.6. The summed E-state index contributed by atoms with van der Waals surface area (Å²) in [5, 5.41) is 4.35. The van der Waals surface area contributed by atoms with Gasteiger partial charge < -0.3 is 15.6 Å². The number of halogens is 1. The molecule has 0 aliphatic rings. The molecule has 3 rings (SSSR count). The highest BCUT2D eigenvalue weighted by Gasteiger charge is 2.15. The average molecular weight is 421 g/mol. The first-order chi connectivity index (χ1) is 13.2. The van der Waals surface area contributed by atoms with Crippen molar-refractivity contribution in [3.8, 4) is 0 Å². The third-order valence-corrected chi connectivity index (χ3v) is 5.59. The maximum atomic E-state index is 12.2. The number of fused-ring (bicyclic) bond motifs is 1. The fourth-order valence-corrected chi connectivity index (χ4v) is 3.78. The Balaban J connectivity index is 1.61. The van der Waals surface area contributed by atoms with E-state index in [1.807, 2.05) is 29.0 Å². The summed E-state index contributed by atoms with van der Waals surface area (Å²) >= 11 is 5.97. The molecule has 0 saturated carbocycles. The largest absolute Gasteiger partial charge is 0.351 e. The number of primary amides is 1. The Kier molecular flexibility index (Phi) is 5.57. The van der Waals surface area contributed by atoms with Gasteiger partial charge in [0.1, 0.15) is 0 Å². The summed E-state index contributed by atoms with van der Waals surface area (Å²) in [6, 6.07) is 11.7. The number of sulfonamides is 1. The van der Waals surface area contributed by atoms with Crippen molar-refractivity contribution in [2.45, 2.75) is 17.9 Å². The number of nitrogens with two attached hydrogens (primary N) is 1. The monoisotopic (exact) mass is 420 g/mol. The molecule has 1 aromatic heterocycles. The molecule has 0 fully saturated rings. The summed E-state index contributed by atoms with van der Waals surface area (Å²) in [5.74, 6) is -0.221.